The fraction of sp³-hybridized carbons (Fsp3) is 0.120. The van der Waals surface area contributed by atoms with E-state index in [2.05, 4.69) is 5.10 Å². The van der Waals surface area contributed by atoms with Gasteiger partial charge in [0.15, 0.2) is 11.5 Å². The Morgan fingerprint density at radius 1 is 0.969 bits per heavy atom. The Kier molecular flexibility index (Phi) is 6.49. The molecule has 1 heterocycles. The molecule has 0 spiro atoms. The molecule has 0 aliphatic carbocycles. The van der Waals surface area contributed by atoms with Gasteiger partial charge < -0.3 is 9.47 Å². The van der Waals surface area contributed by atoms with E-state index < -0.39 is 0 Å². The number of carbonyl (C=O) groups is 1. The lowest BCUT2D eigenvalue weighted by Crippen LogP contribution is -2.21. The molecule has 0 saturated carbocycles. The molecule has 4 rings (SSSR count). The summed E-state index contributed by atoms with van der Waals surface area (Å²) in [6.45, 7) is 2.13. The molecule has 0 aromatic heterocycles. The second-order valence-corrected chi connectivity index (χ2v) is 7.96. The van der Waals surface area contributed by atoms with Crippen LogP contribution in [0.15, 0.2) is 77.4 Å². The number of anilines is 1. The van der Waals surface area contributed by atoms with Crippen molar-refractivity contribution in [1.82, 2.24) is 0 Å². The number of amides is 1. The maximum absolute atomic E-state index is 12.9. The molecule has 0 saturated heterocycles. The van der Waals surface area contributed by atoms with Gasteiger partial charge in [0.25, 0.3) is 5.91 Å². The minimum Gasteiger partial charge on any atom is -0.493 e. The predicted molar refractivity (Wildman–Crippen MR) is 129 cm³/mol. The SMILES string of the molecule is COc1cc(C=C2C(=O)N(c3ccccc3)N=C2C)ccc1OCc1ccc(Cl)c(Cl)c1. The minimum absolute atomic E-state index is 0.174. The number of rotatable bonds is 6. The number of para-hydroxylation sites is 1. The smallest absolute Gasteiger partial charge is 0.280 e. The van der Waals surface area contributed by atoms with Gasteiger partial charge in [-0.1, -0.05) is 53.5 Å². The van der Waals surface area contributed by atoms with Gasteiger partial charge >= 0.3 is 0 Å². The molecule has 3 aromatic rings. The molecule has 162 valence electrons. The summed E-state index contributed by atoms with van der Waals surface area (Å²) < 4.78 is 11.4. The fourth-order valence-corrected chi connectivity index (χ4v) is 3.60. The standard InChI is InChI=1S/C25H20Cl2N2O3/c1-16-20(25(30)29(28-16)19-6-4-3-5-7-19)12-17-9-11-23(24(14-17)31-2)32-15-18-8-10-21(26)22(27)13-18/h3-14H,15H2,1-2H3. The molecule has 0 bridgehead atoms. The highest BCUT2D eigenvalue weighted by Gasteiger charge is 2.28. The summed E-state index contributed by atoms with van der Waals surface area (Å²) in [6, 6.07) is 20.2. The van der Waals surface area contributed by atoms with Gasteiger partial charge in [0, 0.05) is 0 Å². The number of benzene rings is 3. The Morgan fingerprint density at radius 2 is 1.75 bits per heavy atom. The molecular formula is C25H20Cl2N2O3. The van der Waals surface area contributed by atoms with Gasteiger partial charge in [0.1, 0.15) is 6.61 Å². The lowest BCUT2D eigenvalue weighted by molar-refractivity contribution is -0.114. The van der Waals surface area contributed by atoms with Crippen LogP contribution in [0.3, 0.4) is 0 Å². The molecule has 0 unspecified atom stereocenters. The van der Waals surface area contributed by atoms with Gasteiger partial charge in [0.2, 0.25) is 0 Å². The van der Waals surface area contributed by atoms with Crippen LogP contribution in [0.2, 0.25) is 10.0 Å². The Balaban J connectivity index is 1.53. The lowest BCUT2D eigenvalue weighted by Gasteiger charge is -2.12. The largest absolute Gasteiger partial charge is 0.493 e. The quantitative estimate of drug-likeness (QED) is 0.395. The highest BCUT2D eigenvalue weighted by molar-refractivity contribution is 6.42. The van der Waals surface area contributed by atoms with Crippen LogP contribution < -0.4 is 14.5 Å². The van der Waals surface area contributed by atoms with Gasteiger partial charge in [-0.15, -0.1) is 0 Å². The van der Waals surface area contributed by atoms with Crippen molar-refractivity contribution in [2.75, 3.05) is 12.1 Å². The van der Waals surface area contributed by atoms with Crippen LogP contribution in [0.25, 0.3) is 6.08 Å². The third-order valence-electron chi connectivity index (χ3n) is 4.94. The number of hydrogen-bond acceptors (Lipinski definition) is 4. The van der Waals surface area contributed by atoms with Gasteiger partial charge in [-0.05, 0) is 60.5 Å². The van der Waals surface area contributed by atoms with Crippen molar-refractivity contribution in [3.05, 3.63) is 93.5 Å². The molecule has 1 amide bonds. The van der Waals surface area contributed by atoms with Crippen LogP contribution in [0.4, 0.5) is 5.69 Å². The first-order chi connectivity index (χ1) is 15.5. The maximum atomic E-state index is 12.9. The van der Waals surface area contributed by atoms with E-state index in [4.69, 9.17) is 32.7 Å². The number of ether oxygens (including phenoxy) is 2. The molecule has 0 N–H and O–H groups in total. The van der Waals surface area contributed by atoms with Crippen molar-refractivity contribution < 1.29 is 14.3 Å². The van der Waals surface area contributed by atoms with Crippen molar-refractivity contribution in [3.8, 4) is 11.5 Å². The zero-order chi connectivity index (χ0) is 22.7. The summed E-state index contributed by atoms with van der Waals surface area (Å²) in [4.78, 5) is 12.9. The first kappa shape index (κ1) is 21.9. The molecule has 0 atom stereocenters. The summed E-state index contributed by atoms with van der Waals surface area (Å²) in [5.74, 6) is 0.960. The van der Waals surface area contributed by atoms with Crippen LogP contribution in [0, 0.1) is 0 Å². The van der Waals surface area contributed by atoms with Crippen molar-refractivity contribution in [2.24, 2.45) is 5.10 Å². The Bertz CT molecular complexity index is 1220. The van der Waals surface area contributed by atoms with E-state index in [0.29, 0.717) is 39.4 Å². The molecule has 32 heavy (non-hydrogen) atoms. The summed E-state index contributed by atoms with van der Waals surface area (Å²) >= 11 is 12.0. The molecule has 7 heteroatoms. The van der Waals surface area contributed by atoms with Crippen LogP contribution in [0.5, 0.6) is 11.5 Å². The zero-order valence-electron chi connectivity index (χ0n) is 17.5. The number of hydrazone groups is 1. The summed E-state index contributed by atoms with van der Waals surface area (Å²) in [5.41, 5.74) is 3.59. The molecule has 3 aromatic carbocycles. The third kappa shape index (κ3) is 4.64. The zero-order valence-corrected chi connectivity index (χ0v) is 19.0. The predicted octanol–water partition coefficient (Wildman–Crippen LogP) is 6.39. The lowest BCUT2D eigenvalue weighted by atomic mass is 10.1. The average molecular weight is 467 g/mol. The Labute approximate surface area is 196 Å². The van der Waals surface area contributed by atoms with Crippen LogP contribution in [0.1, 0.15) is 18.1 Å². The van der Waals surface area contributed by atoms with E-state index in [0.717, 1.165) is 16.8 Å². The van der Waals surface area contributed by atoms with Gasteiger partial charge in [-0.25, -0.2) is 0 Å². The monoisotopic (exact) mass is 466 g/mol. The first-order valence-corrected chi connectivity index (χ1v) is 10.6. The normalized spacial score (nSPS) is 14.6. The number of hydrogen-bond donors (Lipinski definition) is 0. The van der Waals surface area contributed by atoms with Crippen LogP contribution in [-0.2, 0) is 11.4 Å². The highest BCUT2D eigenvalue weighted by atomic mass is 35.5. The van der Waals surface area contributed by atoms with Gasteiger partial charge in [-0.2, -0.15) is 10.1 Å². The third-order valence-corrected chi connectivity index (χ3v) is 5.68. The molecule has 0 fully saturated rings. The summed E-state index contributed by atoms with van der Waals surface area (Å²) in [7, 11) is 1.57. The molecule has 5 nitrogen and oxygen atoms in total. The minimum atomic E-state index is -0.174. The summed E-state index contributed by atoms with van der Waals surface area (Å²) in [5, 5.41) is 6.79. The first-order valence-electron chi connectivity index (χ1n) is 9.88. The Hall–Kier alpha value is -3.28. The summed E-state index contributed by atoms with van der Waals surface area (Å²) in [6.07, 6.45) is 1.80. The van der Waals surface area contributed by atoms with E-state index in [-0.39, 0.29) is 5.91 Å². The number of halogens is 2. The number of methoxy groups -OCH3 is 1. The maximum Gasteiger partial charge on any atom is 0.280 e. The molecular weight excluding hydrogens is 447 g/mol. The molecule has 0 radical (unpaired) electrons. The van der Waals surface area contributed by atoms with Crippen molar-refractivity contribution >= 4 is 46.6 Å². The van der Waals surface area contributed by atoms with E-state index >= 15 is 0 Å². The van der Waals surface area contributed by atoms with Crippen molar-refractivity contribution in [2.45, 2.75) is 13.5 Å². The number of carbonyl (C=O) groups excluding carboxylic acids is 1. The van der Waals surface area contributed by atoms with E-state index in [1.165, 1.54) is 5.01 Å². The highest BCUT2D eigenvalue weighted by Crippen LogP contribution is 2.32. The van der Waals surface area contributed by atoms with Gasteiger partial charge in [-0.3, -0.25) is 4.79 Å². The second kappa shape index (κ2) is 9.47. The second-order valence-electron chi connectivity index (χ2n) is 7.14. The number of nitrogens with zero attached hydrogens (tertiary/aromatic N) is 2. The van der Waals surface area contributed by atoms with Crippen molar-refractivity contribution in [3.63, 3.8) is 0 Å². The van der Waals surface area contributed by atoms with Crippen molar-refractivity contribution in [1.29, 1.82) is 0 Å². The average Bonchev–Trinajstić information content (AvgIpc) is 3.09. The van der Waals surface area contributed by atoms with Gasteiger partial charge in [0.05, 0.1) is 34.1 Å². The molecule has 1 aliphatic rings. The Morgan fingerprint density at radius 3 is 2.47 bits per heavy atom. The van der Waals surface area contributed by atoms with Crippen LogP contribution >= 0.6 is 23.2 Å². The van der Waals surface area contributed by atoms with Crippen LogP contribution in [-0.4, -0.2) is 18.7 Å². The molecule has 1 aliphatic heterocycles. The fourth-order valence-electron chi connectivity index (χ4n) is 3.28. The van der Waals surface area contributed by atoms with E-state index in [9.17, 15) is 4.79 Å². The van der Waals surface area contributed by atoms with E-state index in [1.54, 1.807) is 25.3 Å². The van der Waals surface area contributed by atoms with E-state index in [1.807, 2.05) is 61.5 Å². The topological polar surface area (TPSA) is 51.1 Å².